The molecule has 0 fully saturated rings. The first kappa shape index (κ1) is 31.7. The largest absolute Gasteiger partial charge is 0.493 e. The summed E-state index contributed by atoms with van der Waals surface area (Å²) in [7, 11) is 0. The Morgan fingerprint density at radius 1 is 0.486 bits per heavy atom. The Bertz CT molecular complexity index is 993. The Balaban J connectivity index is 0.000000252. The van der Waals surface area contributed by atoms with E-state index in [2.05, 4.69) is 50.2 Å². The average Bonchev–Trinajstić information content (AvgIpc) is 3.61. The Hall–Kier alpha value is -3.34. The second-order valence-corrected chi connectivity index (χ2v) is 7.82. The van der Waals surface area contributed by atoms with Gasteiger partial charge >= 0.3 is 0 Å². The van der Waals surface area contributed by atoms with Gasteiger partial charge in [-0.1, -0.05) is 71.4 Å². The average molecular weight is 510 g/mol. The molecule has 3 aromatic carbocycles. The molecule has 0 aromatic heterocycles. The summed E-state index contributed by atoms with van der Waals surface area (Å²) in [5, 5.41) is 0. The van der Waals surface area contributed by atoms with Crippen molar-refractivity contribution in [3.05, 3.63) is 76.9 Å². The third kappa shape index (κ3) is 10.3. The van der Waals surface area contributed by atoms with Crippen LogP contribution < -0.4 is 24.7 Å². The maximum atomic E-state index is 5.55. The lowest BCUT2D eigenvalue weighted by Crippen LogP contribution is -2.15. The number of fused-ring (bicyclic) bond motifs is 3. The van der Waals surface area contributed by atoms with E-state index in [1.807, 2.05) is 47.6 Å². The quantitative estimate of drug-likeness (QED) is 0.311. The van der Waals surface area contributed by atoms with Crippen LogP contribution in [-0.2, 0) is 12.8 Å². The van der Waals surface area contributed by atoms with E-state index in [0.717, 1.165) is 49.1 Å². The summed E-state index contributed by atoms with van der Waals surface area (Å²) < 4.78 is 21.3. The van der Waals surface area contributed by atoms with Crippen LogP contribution in [0.3, 0.4) is 0 Å². The second kappa shape index (κ2) is 18.0. The molecule has 6 rings (SSSR count). The van der Waals surface area contributed by atoms with Crippen molar-refractivity contribution in [2.45, 2.75) is 68.2 Å². The van der Waals surface area contributed by atoms with Gasteiger partial charge in [-0.05, 0) is 54.8 Å². The van der Waals surface area contributed by atoms with Crippen LogP contribution in [0.4, 0.5) is 5.69 Å². The van der Waals surface area contributed by atoms with Crippen LogP contribution in [0.25, 0.3) is 0 Å². The minimum atomic E-state index is 0.608. The molecule has 5 nitrogen and oxygen atoms in total. The van der Waals surface area contributed by atoms with Crippen LogP contribution in [-0.4, -0.2) is 26.4 Å². The lowest BCUT2D eigenvalue weighted by Gasteiger charge is -2.17. The number of anilines is 1. The standard InChI is InChI=1S/2C9H10O.C8H9NO2.3C2H6/c1-7-2-3-9-8(6-7)4-5-10-9;1-7-2-3-8-4-5-10-9(8)6-7;9-6-1-2-7-8(5-6)11-4-3-10-7;3*1-2/h2*2-3,6H,4-5H2,1H3;1-2,5H,3-4,9H2;3*1-2H3. The van der Waals surface area contributed by atoms with Gasteiger partial charge in [-0.15, -0.1) is 0 Å². The predicted molar refractivity (Wildman–Crippen MR) is 157 cm³/mol. The van der Waals surface area contributed by atoms with E-state index in [0.29, 0.717) is 18.9 Å². The van der Waals surface area contributed by atoms with Crippen LogP contribution in [0.1, 0.15) is 63.8 Å². The minimum Gasteiger partial charge on any atom is -0.493 e. The number of hydrogen-bond donors (Lipinski definition) is 1. The first-order valence-electron chi connectivity index (χ1n) is 13.7. The SMILES string of the molecule is CC.CC.CC.Cc1ccc2c(c1)CCO2.Cc1ccc2c(c1)OCC2.Nc1ccc2c(c1)OCCO2. The predicted octanol–water partition coefficient (Wildman–Crippen LogP) is 7.98. The molecule has 204 valence electrons. The lowest BCUT2D eigenvalue weighted by atomic mass is 10.1. The van der Waals surface area contributed by atoms with Gasteiger partial charge in [0.05, 0.1) is 13.2 Å². The van der Waals surface area contributed by atoms with Gasteiger partial charge in [0.1, 0.15) is 24.7 Å². The normalized spacial score (nSPS) is 12.6. The van der Waals surface area contributed by atoms with E-state index in [1.165, 1.54) is 22.3 Å². The molecule has 2 N–H and O–H groups in total. The van der Waals surface area contributed by atoms with Gasteiger partial charge in [0.25, 0.3) is 0 Å². The van der Waals surface area contributed by atoms with Crippen molar-refractivity contribution in [3.8, 4) is 23.0 Å². The summed E-state index contributed by atoms with van der Waals surface area (Å²) in [4.78, 5) is 0. The zero-order valence-electron chi connectivity index (χ0n) is 24.1. The fourth-order valence-corrected chi connectivity index (χ4v) is 3.65. The number of rotatable bonds is 0. The molecule has 0 unspecified atom stereocenters. The number of nitrogen functional groups attached to an aromatic ring is 1. The van der Waals surface area contributed by atoms with Crippen molar-refractivity contribution in [1.29, 1.82) is 0 Å². The number of hydrogen-bond acceptors (Lipinski definition) is 5. The molecule has 3 aliphatic rings. The summed E-state index contributed by atoms with van der Waals surface area (Å²) in [5.74, 6) is 3.69. The Morgan fingerprint density at radius 2 is 1.00 bits per heavy atom. The Labute approximate surface area is 224 Å². The number of aryl methyl sites for hydroxylation is 2. The molecule has 0 saturated carbocycles. The fourth-order valence-electron chi connectivity index (χ4n) is 3.65. The molecule has 37 heavy (non-hydrogen) atoms. The summed E-state index contributed by atoms with van der Waals surface area (Å²) in [6, 6.07) is 18.1. The third-order valence-electron chi connectivity index (χ3n) is 5.26. The van der Waals surface area contributed by atoms with E-state index >= 15 is 0 Å². The third-order valence-corrected chi connectivity index (χ3v) is 5.26. The van der Waals surface area contributed by atoms with E-state index in [1.54, 1.807) is 12.1 Å². The lowest BCUT2D eigenvalue weighted by molar-refractivity contribution is 0.171. The van der Waals surface area contributed by atoms with Gasteiger partial charge in [-0.2, -0.15) is 0 Å². The molecule has 0 aliphatic carbocycles. The van der Waals surface area contributed by atoms with Gasteiger partial charge in [-0.3, -0.25) is 0 Å². The van der Waals surface area contributed by atoms with Gasteiger partial charge in [0.15, 0.2) is 11.5 Å². The van der Waals surface area contributed by atoms with Crippen LogP contribution in [0.2, 0.25) is 0 Å². The zero-order chi connectivity index (χ0) is 27.6. The second-order valence-electron chi connectivity index (χ2n) is 7.82. The molecule has 5 heteroatoms. The highest BCUT2D eigenvalue weighted by atomic mass is 16.6. The van der Waals surface area contributed by atoms with Gasteiger partial charge in [0.2, 0.25) is 0 Å². The Kier molecular flexibility index (Phi) is 15.4. The van der Waals surface area contributed by atoms with E-state index in [4.69, 9.17) is 24.7 Å². The van der Waals surface area contributed by atoms with Crippen molar-refractivity contribution < 1.29 is 18.9 Å². The summed E-state index contributed by atoms with van der Waals surface area (Å²) in [6.45, 7) is 19.1. The summed E-state index contributed by atoms with van der Waals surface area (Å²) >= 11 is 0. The maximum Gasteiger partial charge on any atom is 0.163 e. The van der Waals surface area contributed by atoms with Gasteiger partial charge in [-0.25, -0.2) is 0 Å². The van der Waals surface area contributed by atoms with Crippen LogP contribution >= 0.6 is 0 Å². The fraction of sp³-hybridized carbons (Fsp3) is 0.438. The number of ether oxygens (including phenoxy) is 4. The smallest absolute Gasteiger partial charge is 0.163 e. The molecular formula is C32H47NO4. The molecule has 0 spiro atoms. The van der Waals surface area contributed by atoms with Gasteiger partial charge in [0, 0.05) is 24.6 Å². The Morgan fingerprint density at radius 3 is 1.70 bits per heavy atom. The van der Waals surface area contributed by atoms with Crippen molar-refractivity contribution in [1.82, 2.24) is 0 Å². The summed E-state index contributed by atoms with van der Waals surface area (Å²) in [6.07, 6.45) is 2.16. The highest BCUT2D eigenvalue weighted by molar-refractivity contribution is 5.52. The first-order chi connectivity index (χ1) is 18.1. The van der Waals surface area contributed by atoms with Crippen molar-refractivity contribution >= 4 is 5.69 Å². The van der Waals surface area contributed by atoms with E-state index in [-0.39, 0.29) is 0 Å². The van der Waals surface area contributed by atoms with Crippen molar-refractivity contribution in [3.63, 3.8) is 0 Å². The monoisotopic (exact) mass is 509 g/mol. The number of benzene rings is 3. The maximum absolute atomic E-state index is 5.55. The molecule has 0 amide bonds. The van der Waals surface area contributed by atoms with Crippen molar-refractivity contribution in [2.75, 3.05) is 32.2 Å². The highest BCUT2D eigenvalue weighted by Crippen LogP contribution is 2.31. The molecule has 0 atom stereocenters. The highest BCUT2D eigenvalue weighted by Gasteiger charge is 2.11. The zero-order valence-corrected chi connectivity index (χ0v) is 24.1. The van der Waals surface area contributed by atoms with Crippen molar-refractivity contribution in [2.24, 2.45) is 0 Å². The van der Waals surface area contributed by atoms with Crippen LogP contribution in [0, 0.1) is 13.8 Å². The molecule has 3 aromatic rings. The van der Waals surface area contributed by atoms with Gasteiger partial charge < -0.3 is 24.7 Å². The first-order valence-corrected chi connectivity index (χ1v) is 13.7. The topological polar surface area (TPSA) is 62.9 Å². The van der Waals surface area contributed by atoms with Crippen LogP contribution in [0.15, 0.2) is 54.6 Å². The van der Waals surface area contributed by atoms with Crippen LogP contribution in [0.5, 0.6) is 23.0 Å². The summed E-state index contributed by atoms with van der Waals surface area (Å²) in [5.41, 5.74) is 11.6. The molecule has 3 heterocycles. The number of nitrogens with two attached hydrogens (primary N) is 1. The molecule has 3 aliphatic heterocycles. The molecular weight excluding hydrogens is 462 g/mol. The molecule has 0 bridgehead atoms. The van der Waals surface area contributed by atoms with E-state index < -0.39 is 0 Å². The minimum absolute atomic E-state index is 0.608. The van der Waals surface area contributed by atoms with E-state index in [9.17, 15) is 0 Å². The molecule has 0 radical (unpaired) electrons. The molecule has 0 saturated heterocycles.